The fourth-order valence-corrected chi connectivity index (χ4v) is 10.3. The van der Waals surface area contributed by atoms with Crippen molar-refractivity contribution < 1.29 is 33.4 Å². The van der Waals surface area contributed by atoms with Gasteiger partial charge >= 0.3 is 11.9 Å². The number of ketones is 1. The number of Topliss-reactive ketones (excluding diaryl/α,β-unsaturated/α-hetero) is 1. The van der Waals surface area contributed by atoms with E-state index in [1.165, 1.54) is 23.0 Å². The van der Waals surface area contributed by atoms with Gasteiger partial charge in [0.05, 0.1) is 32.3 Å². The Morgan fingerprint density at radius 2 is 1.19 bits per heavy atom. The number of esters is 2. The van der Waals surface area contributed by atoms with Crippen LogP contribution >= 0.6 is 19.9 Å². The minimum atomic E-state index is -2.02. The molecule has 0 aliphatic rings. The Balaban J connectivity index is 1.63. The highest BCUT2D eigenvalue weighted by Gasteiger charge is 2.44. The van der Waals surface area contributed by atoms with Crippen molar-refractivity contribution in [3.05, 3.63) is 91.0 Å². The van der Waals surface area contributed by atoms with E-state index in [0.717, 1.165) is 12.6 Å². The van der Waals surface area contributed by atoms with Crippen molar-refractivity contribution in [3.8, 4) is 0 Å². The fraction of sp³-hybridized carbons (Fsp3) is 0.378. The first-order chi connectivity index (χ1) is 23.2. The number of carbonyl (C=O) groups excluding carboxylic acids is 5. The molecule has 3 rings (SSSR count). The molecule has 11 heteroatoms. The molecule has 0 saturated carbocycles. The van der Waals surface area contributed by atoms with Crippen LogP contribution in [-0.4, -0.2) is 67.3 Å². The van der Waals surface area contributed by atoms with Crippen molar-refractivity contribution in [2.75, 3.05) is 25.6 Å². The Hall–Kier alpha value is -4.01. The SMILES string of the molecule is CCOC(=O)[C@H](CCC(=O)N[C@@H](CS)C(=O)CCC(=O)OC)NC(=O)CCCC[P+](c1ccccc1)(c1ccccc1)c1ccccc1. The largest absolute Gasteiger partial charge is 0.469 e. The lowest BCUT2D eigenvalue weighted by atomic mass is 10.1. The van der Waals surface area contributed by atoms with Crippen LogP contribution in [0.2, 0.25) is 0 Å². The van der Waals surface area contributed by atoms with Crippen LogP contribution in [0.3, 0.4) is 0 Å². The van der Waals surface area contributed by atoms with E-state index < -0.39 is 37.2 Å². The van der Waals surface area contributed by atoms with Gasteiger partial charge in [-0.1, -0.05) is 54.6 Å². The van der Waals surface area contributed by atoms with Crippen molar-refractivity contribution in [1.29, 1.82) is 0 Å². The number of amides is 2. The number of nitrogens with one attached hydrogen (secondary N) is 2. The van der Waals surface area contributed by atoms with Crippen LogP contribution in [0.4, 0.5) is 0 Å². The lowest BCUT2D eigenvalue weighted by molar-refractivity contribution is -0.147. The smallest absolute Gasteiger partial charge is 0.328 e. The molecule has 9 nitrogen and oxygen atoms in total. The van der Waals surface area contributed by atoms with Gasteiger partial charge in [-0.25, -0.2) is 4.79 Å². The molecular formula is C37H46N2O7PS+. The van der Waals surface area contributed by atoms with Gasteiger partial charge in [0.25, 0.3) is 0 Å². The number of hydrogen-bond acceptors (Lipinski definition) is 8. The predicted octanol–water partition coefficient (Wildman–Crippen LogP) is 3.92. The molecule has 0 fully saturated rings. The van der Waals surface area contributed by atoms with Gasteiger partial charge < -0.3 is 20.1 Å². The van der Waals surface area contributed by atoms with Gasteiger partial charge in [0, 0.05) is 25.0 Å². The van der Waals surface area contributed by atoms with Crippen LogP contribution < -0.4 is 26.5 Å². The zero-order valence-corrected chi connectivity index (χ0v) is 29.4. The maximum absolute atomic E-state index is 13.1. The van der Waals surface area contributed by atoms with Crippen LogP contribution in [0.5, 0.6) is 0 Å². The molecule has 0 bridgehead atoms. The standard InChI is InChI=1S/C37H45N2O7PS/c1-3-46-37(44)31(22-24-35(42)39-32(27-48)33(40)23-25-36(43)45-2)38-34(41)21-13-14-26-47(28-15-7-4-8-16-28,29-17-9-5-10-18-29)30-19-11-6-12-20-30/h4-12,15-20,31-32H,3,13-14,21-27H2,1-2H3,(H2-,38,39,41,42,48)/p+1/t31-,32-/m0/s1. The van der Waals surface area contributed by atoms with Gasteiger partial charge in [0.15, 0.2) is 5.78 Å². The van der Waals surface area contributed by atoms with E-state index in [9.17, 15) is 24.0 Å². The highest BCUT2D eigenvalue weighted by Crippen LogP contribution is 2.55. The topological polar surface area (TPSA) is 128 Å². The number of carbonyl (C=O) groups is 5. The lowest BCUT2D eigenvalue weighted by Crippen LogP contribution is -2.45. The first-order valence-corrected chi connectivity index (χ1v) is 18.9. The first kappa shape index (κ1) is 38.4. The second-order valence-corrected chi connectivity index (χ2v) is 15.2. The van der Waals surface area contributed by atoms with Crippen molar-refractivity contribution in [2.24, 2.45) is 0 Å². The summed E-state index contributed by atoms with van der Waals surface area (Å²) in [5.74, 6) is -2.23. The molecule has 0 heterocycles. The van der Waals surface area contributed by atoms with E-state index in [1.807, 2.05) is 18.2 Å². The summed E-state index contributed by atoms with van der Waals surface area (Å²) in [6, 6.07) is 29.7. The number of ether oxygens (including phenoxy) is 2. The summed E-state index contributed by atoms with van der Waals surface area (Å²) in [6.45, 7) is 1.79. The van der Waals surface area contributed by atoms with E-state index in [0.29, 0.717) is 6.42 Å². The van der Waals surface area contributed by atoms with E-state index in [4.69, 9.17) is 4.74 Å². The third-order valence-electron chi connectivity index (χ3n) is 8.01. The molecule has 0 saturated heterocycles. The van der Waals surface area contributed by atoms with Crippen LogP contribution in [0, 0.1) is 0 Å². The summed E-state index contributed by atoms with van der Waals surface area (Å²) in [5, 5.41) is 9.19. The molecule has 0 aliphatic carbocycles. The number of thiol groups is 1. The number of rotatable bonds is 20. The average molecular weight is 694 g/mol. The van der Waals surface area contributed by atoms with Crippen LogP contribution in [0.25, 0.3) is 0 Å². The zero-order valence-electron chi connectivity index (χ0n) is 27.6. The molecule has 3 aromatic rings. The maximum Gasteiger partial charge on any atom is 0.328 e. The van der Waals surface area contributed by atoms with Gasteiger partial charge in [-0.3, -0.25) is 19.2 Å². The van der Waals surface area contributed by atoms with E-state index in [1.54, 1.807) is 6.92 Å². The minimum absolute atomic E-state index is 0.00326. The van der Waals surface area contributed by atoms with E-state index in [2.05, 4.69) is 101 Å². The minimum Gasteiger partial charge on any atom is -0.469 e. The molecule has 0 aliphatic heterocycles. The summed E-state index contributed by atoms with van der Waals surface area (Å²) in [4.78, 5) is 62.3. The normalized spacial score (nSPS) is 12.3. The molecule has 256 valence electrons. The monoisotopic (exact) mass is 693 g/mol. The van der Waals surface area contributed by atoms with E-state index in [-0.39, 0.29) is 56.2 Å². The summed E-state index contributed by atoms with van der Waals surface area (Å²) in [7, 11) is -0.788. The van der Waals surface area contributed by atoms with Gasteiger partial charge in [-0.15, -0.1) is 0 Å². The van der Waals surface area contributed by atoms with Gasteiger partial charge in [0.1, 0.15) is 29.2 Å². The molecule has 0 spiro atoms. The molecule has 0 unspecified atom stereocenters. The second-order valence-electron chi connectivity index (χ2n) is 11.3. The van der Waals surface area contributed by atoms with Gasteiger partial charge in [0.2, 0.25) is 11.8 Å². The summed E-state index contributed by atoms with van der Waals surface area (Å²) < 4.78 is 9.73. The van der Waals surface area contributed by atoms with Crippen molar-refractivity contribution in [3.63, 3.8) is 0 Å². The Morgan fingerprint density at radius 3 is 1.67 bits per heavy atom. The zero-order chi connectivity index (χ0) is 34.8. The third kappa shape index (κ3) is 11.3. The van der Waals surface area contributed by atoms with Crippen molar-refractivity contribution in [1.82, 2.24) is 10.6 Å². The number of methoxy groups -OCH3 is 1. The first-order valence-electron chi connectivity index (χ1n) is 16.3. The number of unbranched alkanes of at least 4 members (excludes halogenated alkanes) is 1. The Kier molecular flexibility index (Phi) is 16.3. The van der Waals surface area contributed by atoms with Crippen LogP contribution in [-0.2, 0) is 33.4 Å². The van der Waals surface area contributed by atoms with Crippen molar-refractivity contribution in [2.45, 2.75) is 64.0 Å². The molecule has 2 atom stereocenters. The summed E-state index contributed by atoms with van der Waals surface area (Å²) in [6.07, 6.45) is 2.13. The molecular weight excluding hydrogens is 647 g/mol. The molecule has 2 amide bonds. The van der Waals surface area contributed by atoms with Gasteiger partial charge in [-0.2, -0.15) is 12.6 Å². The van der Waals surface area contributed by atoms with Crippen molar-refractivity contribution >= 4 is 65.3 Å². The lowest BCUT2D eigenvalue weighted by Gasteiger charge is -2.27. The predicted molar refractivity (Wildman–Crippen MR) is 194 cm³/mol. The fourth-order valence-electron chi connectivity index (χ4n) is 5.55. The Morgan fingerprint density at radius 1 is 0.688 bits per heavy atom. The Labute approximate surface area is 289 Å². The highest BCUT2D eigenvalue weighted by atomic mass is 32.1. The number of benzene rings is 3. The molecule has 3 aromatic carbocycles. The van der Waals surface area contributed by atoms with Gasteiger partial charge in [-0.05, 0) is 62.6 Å². The average Bonchev–Trinajstić information content (AvgIpc) is 3.12. The Bertz CT molecular complexity index is 1380. The van der Waals surface area contributed by atoms with E-state index >= 15 is 0 Å². The summed E-state index contributed by atoms with van der Waals surface area (Å²) in [5.41, 5.74) is 0. The van der Waals surface area contributed by atoms with Crippen LogP contribution in [0.1, 0.15) is 51.9 Å². The molecule has 2 N–H and O–H groups in total. The summed E-state index contributed by atoms with van der Waals surface area (Å²) >= 11 is 4.15. The second kappa shape index (κ2) is 20.4. The molecule has 0 aromatic heterocycles. The molecule has 48 heavy (non-hydrogen) atoms. The quantitative estimate of drug-likeness (QED) is 0.0709. The maximum atomic E-state index is 13.1. The highest BCUT2D eigenvalue weighted by molar-refractivity contribution is 7.95. The molecule has 0 radical (unpaired) electrons. The van der Waals surface area contributed by atoms with Crippen LogP contribution in [0.15, 0.2) is 91.0 Å². The third-order valence-corrected chi connectivity index (χ3v) is 12.9. The number of hydrogen-bond donors (Lipinski definition) is 3.